The van der Waals surface area contributed by atoms with Gasteiger partial charge < -0.3 is 5.32 Å². The lowest BCUT2D eigenvalue weighted by molar-refractivity contribution is -0.120. The van der Waals surface area contributed by atoms with Gasteiger partial charge in [0.25, 0.3) is 0 Å². The molecule has 5 nitrogen and oxygen atoms in total. The number of amides is 1. The first kappa shape index (κ1) is 20.2. The molecule has 1 N–H and O–H groups in total. The molecule has 0 saturated heterocycles. The van der Waals surface area contributed by atoms with Gasteiger partial charge in [0, 0.05) is 18.2 Å². The summed E-state index contributed by atoms with van der Waals surface area (Å²) in [6.45, 7) is 6.78. The molecule has 1 aromatic carbocycles. The summed E-state index contributed by atoms with van der Waals surface area (Å²) in [5.41, 5.74) is 0.891. The summed E-state index contributed by atoms with van der Waals surface area (Å²) >= 11 is 7.89. The molecule has 146 valence electrons. The van der Waals surface area contributed by atoms with Gasteiger partial charge in [0.2, 0.25) is 5.91 Å². The van der Waals surface area contributed by atoms with E-state index >= 15 is 0 Å². The van der Waals surface area contributed by atoms with E-state index < -0.39 is 0 Å². The summed E-state index contributed by atoms with van der Waals surface area (Å²) in [6.07, 6.45) is 4.63. The van der Waals surface area contributed by atoms with Crippen LogP contribution in [0.4, 0.5) is 0 Å². The number of nitrogens with zero attached hydrogens (tertiary/aromatic N) is 3. The lowest BCUT2D eigenvalue weighted by Crippen LogP contribution is -2.33. The molecule has 2 aromatic rings. The van der Waals surface area contributed by atoms with Crippen LogP contribution in [0.15, 0.2) is 29.4 Å². The molecule has 1 aliphatic rings. The average Bonchev–Trinajstić information content (AvgIpc) is 3.29. The van der Waals surface area contributed by atoms with Crippen molar-refractivity contribution in [2.75, 3.05) is 6.54 Å². The quantitative estimate of drug-likeness (QED) is 0.659. The number of benzene rings is 1. The van der Waals surface area contributed by atoms with Gasteiger partial charge in [0.05, 0.1) is 10.3 Å². The summed E-state index contributed by atoms with van der Waals surface area (Å²) in [6, 6.07) is 8.09. The Morgan fingerprint density at radius 2 is 1.96 bits per heavy atom. The van der Waals surface area contributed by atoms with Crippen LogP contribution in [0.1, 0.15) is 52.5 Å². The average molecular weight is 407 g/mol. The number of hydrogen-bond donors (Lipinski definition) is 1. The van der Waals surface area contributed by atoms with Gasteiger partial charge in [-0.05, 0) is 37.8 Å². The van der Waals surface area contributed by atoms with Crippen LogP contribution in [-0.2, 0) is 4.79 Å². The van der Waals surface area contributed by atoms with E-state index in [1.165, 1.54) is 24.6 Å². The molecule has 1 heterocycles. The van der Waals surface area contributed by atoms with Gasteiger partial charge in [-0.2, -0.15) is 0 Å². The summed E-state index contributed by atoms with van der Waals surface area (Å²) in [5, 5.41) is 13.1. The van der Waals surface area contributed by atoms with Gasteiger partial charge in [0.15, 0.2) is 11.0 Å². The van der Waals surface area contributed by atoms with Gasteiger partial charge in [-0.1, -0.05) is 62.2 Å². The van der Waals surface area contributed by atoms with Crippen molar-refractivity contribution in [1.29, 1.82) is 0 Å². The Labute approximate surface area is 170 Å². The van der Waals surface area contributed by atoms with Crippen LogP contribution in [0.5, 0.6) is 0 Å². The number of thioether (sulfide) groups is 1. The predicted octanol–water partition coefficient (Wildman–Crippen LogP) is 4.97. The largest absolute Gasteiger partial charge is 0.355 e. The SMILES string of the molecule is CC(C)CNC(=O)[C@@H](C)Sc1nnc(-c2ccccc2Cl)n1C1CCCC1. The van der Waals surface area contributed by atoms with Gasteiger partial charge in [-0.15, -0.1) is 10.2 Å². The van der Waals surface area contributed by atoms with Crippen molar-refractivity contribution in [1.82, 2.24) is 20.1 Å². The highest BCUT2D eigenvalue weighted by atomic mass is 35.5. The number of nitrogens with one attached hydrogen (secondary N) is 1. The molecule has 0 bridgehead atoms. The molecule has 1 atom stereocenters. The summed E-state index contributed by atoms with van der Waals surface area (Å²) < 4.78 is 2.20. The first-order valence-corrected chi connectivity index (χ1v) is 10.9. The molecule has 7 heteroatoms. The number of halogens is 1. The van der Waals surface area contributed by atoms with Gasteiger partial charge in [0.1, 0.15) is 0 Å². The molecular formula is C20H27ClN4OS. The van der Waals surface area contributed by atoms with Crippen LogP contribution >= 0.6 is 23.4 Å². The van der Waals surface area contributed by atoms with Crippen LogP contribution in [0, 0.1) is 5.92 Å². The van der Waals surface area contributed by atoms with Crippen molar-refractivity contribution in [2.45, 2.75) is 62.9 Å². The Morgan fingerprint density at radius 1 is 1.26 bits per heavy atom. The van der Waals surface area contributed by atoms with Gasteiger partial charge in [-0.3, -0.25) is 9.36 Å². The van der Waals surface area contributed by atoms with Crippen molar-refractivity contribution >= 4 is 29.3 Å². The van der Waals surface area contributed by atoms with Crippen molar-refractivity contribution < 1.29 is 4.79 Å². The minimum absolute atomic E-state index is 0.0361. The second-order valence-electron chi connectivity index (χ2n) is 7.49. The van der Waals surface area contributed by atoms with E-state index in [0.717, 1.165) is 29.4 Å². The first-order chi connectivity index (χ1) is 13.0. The minimum atomic E-state index is -0.229. The van der Waals surface area contributed by atoms with Crippen LogP contribution < -0.4 is 5.32 Å². The molecule has 1 fully saturated rings. The summed E-state index contributed by atoms with van der Waals surface area (Å²) in [7, 11) is 0. The number of carbonyl (C=O) groups excluding carboxylic acids is 1. The van der Waals surface area contributed by atoms with E-state index in [9.17, 15) is 4.79 Å². The molecule has 0 spiro atoms. The maximum Gasteiger partial charge on any atom is 0.233 e. The monoisotopic (exact) mass is 406 g/mol. The van der Waals surface area contributed by atoms with Crippen molar-refractivity contribution in [3.8, 4) is 11.4 Å². The molecule has 1 aliphatic carbocycles. The lowest BCUT2D eigenvalue weighted by atomic mass is 10.2. The first-order valence-electron chi connectivity index (χ1n) is 9.61. The summed E-state index contributed by atoms with van der Waals surface area (Å²) in [4.78, 5) is 12.4. The third-order valence-corrected chi connectivity index (χ3v) is 6.19. The fourth-order valence-electron chi connectivity index (χ4n) is 3.34. The maximum atomic E-state index is 12.4. The molecule has 0 unspecified atom stereocenters. The lowest BCUT2D eigenvalue weighted by Gasteiger charge is -2.19. The van der Waals surface area contributed by atoms with E-state index in [2.05, 4.69) is 33.9 Å². The third kappa shape index (κ3) is 4.85. The molecule has 0 aliphatic heterocycles. The Balaban J connectivity index is 1.87. The second-order valence-corrected chi connectivity index (χ2v) is 9.21. The fourth-order valence-corrected chi connectivity index (χ4v) is 4.50. The Kier molecular flexibility index (Phi) is 6.82. The number of aromatic nitrogens is 3. The fraction of sp³-hybridized carbons (Fsp3) is 0.550. The van der Waals surface area contributed by atoms with Gasteiger partial charge >= 0.3 is 0 Å². The molecule has 1 amide bonds. The predicted molar refractivity (Wildman–Crippen MR) is 111 cm³/mol. The van der Waals surface area contributed by atoms with Crippen LogP contribution in [0.3, 0.4) is 0 Å². The number of hydrogen-bond acceptors (Lipinski definition) is 4. The Bertz CT molecular complexity index is 786. The third-order valence-electron chi connectivity index (χ3n) is 4.81. The topological polar surface area (TPSA) is 59.8 Å². The van der Waals surface area contributed by atoms with E-state index in [1.807, 2.05) is 31.2 Å². The van der Waals surface area contributed by atoms with E-state index in [-0.39, 0.29) is 11.2 Å². The van der Waals surface area contributed by atoms with Crippen LogP contribution in [-0.4, -0.2) is 32.5 Å². The summed E-state index contributed by atoms with van der Waals surface area (Å²) in [5.74, 6) is 1.26. The van der Waals surface area contributed by atoms with E-state index in [4.69, 9.17) is 11.6 Å². The molecule has 1 aromatic heterocycles. The van der Waals surface area contributed by atoms with E-state index in [1.54, 1.807) is 0 Å². The van der Waals surface area contributed by atoms with E-state index in [0.29, 0.717) is 23.5 Å². The Morgan fingerprint density at radius 3 is 2.63 bits per heavy atom. The molecule has 27 heavy (non-hydrogen) atoms. The molecule has 0 radical (unpaired) electrons. The zero-order valence-corrected chi connectivity index (χ0v) is 17.7. The minimum Gasteiger partial charge on any atom is -0.355 e. The number of rotatable bonds is 7. The Hall–Kier alpha value is -1.53. The normalized spacial score (nSPS) is 16.0. The smallest absolute Gasteiger partial charge is 0.233 e. The second kappa shape index (κ2) is 9.11. The van der Waals surface area contributed by atoms with Gasteiger partial charge in [-0.25, -0.2) is 0 Å². The molecule has 3 rings (SSSR count). The number of carbonyl (C=O) groups is 1. The van der Waals surface area contributed by atoms with Crippen molar-refractivity contribution in [3.05, 3.63) is 29.3 Å². The zero-order chi connectivity index (χ0) is 19.4. The molecular weight excluding hydrogens is 380 g/mol. The van der Waals surface area contributed by atoms with Crippen molar-refractivity contribution in [3.63, 3.8) is 0 Å². The molecule has 1 saturated carbocycles. The maximum absolute atomic E-state index is 12.4. The van der Waals surface area contributed by atoms with Crippen LogP contribution in [0.25, 0.3) is 11.4 Å². The highest BCUT2D eigenvalue weighted by molar-refractivity contribution is 8.00. The standard InChI is InChI=1S/C20H27ClN4OS/c1-13(2)12-22-19(26)14(3)27-20-24-23-18(16-10-6-7-11-17(16)21)25(20)15-8-4-5-9-15/h6-7,10-11,13-15H,4-5,8-9,12H2,1-3H3,(H,22,26)/t14-/m1/s1. The van der Waals surface area contributed by atoms with Crippen LogP contribution in [0.2, 0.25) is 5.02 Å². The highest BCUT2D eigenvalue weighted by Crippen LogP contribution is 2.38. The van der Waals surface area contributed by atoms with Crippen molar-refractivity contribution in [2.24, 2.45) is 5.92 Å². The highest BCUT2D eigenvalue weighted by Gasteiger charge is 2.27. The zero-order valence-electron chi connectivity index (χ0n) is 16.1.